The van der Waals surface area contributed by atoms with Crippen molar-refractivity contribution in [1.29, 1.82) is 0 Å². The van der Waals surface area contributed by atoms with Crippen molar-refractivity contribution >= 4 is 23.2 Å². The zero-order valence-corrected chi connectivity index (χ0v) is 12.0. The van der Waals surface area contributed by atoms with Crippen LogP contribution in [0.5, 0.6) is 0 Å². The lowest BCUT2D eigenvalue weighted by atomic mass is 9.87. The summed E-state index contributed by atoms with van der Waals surface area (Å²) >= 11 is 6.00. The molecule has 0 aromatic heterocycles. The normalized spacial score (nSPS) is 23.1. The maximum atomic E-state index is 11.8. The van der Waals surface area contributed by atoms with E-state index in [-0.39, 0.29) is 5.91 Å². The van der Waals surface area contributed by atoms with Gasteiger partial charge in [-0.25, -0.2) is 0 Å². The summed E-state index contributed by atoms with van der Waals surface area (Å²) < 4.78 is 0. The average molecular weight is 281 g/mol. The van der Waals surface area contributed by atoms with Crippen LogP contribution in [0.15, 0.2) is 24.3 Å². The van der Waals surface area contributed by atoms with E-state index >= 15 is 0 Å². The highest BCUT2D eigenvalue weighted by Crippen LogP contribution is 2.23. The molecule has 104 valence electrons. The molecule has 3 nitrogen and oxygen atoms in total. The molecular weight excluding hydrogens is 260 g/mol. The van der Waals surface area contributed by atoms with E-state index in [1.165, 1.54) is 25.7 Å². The topological polar surface area (TPSA) is 41.1 Å². The summed E-state index contributed by atoms with van der Waals surface area (Å²) in [5.74, 6) is 0.793. The molecule has 1 aliphatic rings. The molecule has 2 N–H and O–H groups in total. The van der Waals surface area contributed by atoms with Gasteiger partial charge >= 0.3 is 0 Å². The molecule has 0 spiro atoms. The van der Waals surface area contributed by atoms with Crippen LogP contribution in [-0.4, -0.2) is 18.5 Å². The van der Waals surface area contributed by atoms with Crippen molar-refractivity contribution in [1.82, 2.24) is 5.32 Å². The summed E-state index contributed by atoms with van der Waals surface area (Å²) in [7, 11) is 0. The van der Waals surface area contributed by atoms with Crippen LogP contribution in [0, 0.1) is 5.92 Å². The van der Waals surface area contributed by atoms with Crippen molar-refractivity contribution in [3.8, 4) is 0 Å². The molecule has 0 unspecified atom stereocenters. The highest BCUT2D eigenvalue weighted by atomic mass is 35.5. The molecule has 0 heterocycles. The monoisotopic (exact) mass is 280 g/mol. The van der Waals surface area contributed by atoms with Gasteiger partial charge in [-0.3, -0.25) is 4.79 Å². The SMILES string of the molecule is CC1CCC(NCC(=O)Nc2ccccc2Cl)CC1. The fourth-order valence-corrected chi connectivity index (χ4v) is 2.64. The van der Waals surface area contributed by atoms with E-state index in [1.54, 1.807) is 6.07 Å². The zero-order chi connectivity index (χ0) is 13.7. The van der Waals surface area contributed by atoms with Crippen LogP contribution in [0.25, 0.3) is 0 Å². The molecular formula is C15H21ClN2O. The van der Waals surface area contributed by atoms with E-state index in [1.807, 2.05) is 18.2 Å². The van der Waals surface area contributed by atoms with E-state index in [4.69, 9.17) is 11.6 Å². The Morgan fingerprint density at radius 2 is 1.95 bits per heavy atom. The van der Waals surface area contributed by atoms with Gasteiger partial charge in [0.2, 0.25) is 5.91 Å². The minimum absolute atomic E-state index is 0.0354. The van der Waals surface area contributed by atoms with Crippen LogP contribution in [0.1, 0.15) is 32.6 Å². The smallest absolute Gasteiger partial charge is 0.238 e. The molecule has 0 atom stereocenters. The van der Waals surface area contributed by atoms with Crippen LogP contribution in [-0.2, 0) is 4.79 Å². The quantitative estimate of drug-likeness (QED) is 0.887. The number of carbonyl (C=O) groups excluding carboxylic acids is 1. The van der Waals surface area contributed by atoms with Gasteiger partial charge in [-0.05, 0) is 43.7 Å². The molecule has 4 heteroatoms. The van der Waals surface area contributed by atoms with Crippen molar-refractivity contribution in [2.45, 2.75) is 38.6 Å². The lowest BCUT2D eigenvalue weighted by Gasteiger charge is -2.26. The predicted molar refractivity (Wildman–Crippen MR) is 79.5 cm³/mol. The Morgan fingerprint density at radius 1 is 1.26 bits per heavy atom. The molecule has 0 bridgehead atoms. The van der Waals surface area contributed by atoms with Gasteiger partial charge in [-0.2, -0.15) is 0 Å². The fourth-order valence-electron chi connectivity index (χ4n) is 2.46. The summed E-state index contributed by atoms with van der Waals surface area (Å²) in [5, 5.41) is 6.72. The summed E-state index contributed by atoms with van der Waals surface area (Å²) in [4.78, 5) is 11.8. The average Bonchev–Trinajstić information content (AvgIpc) is 2.41. The Balaban J connectivity index is 1.74. The van der Waals surface area contributed by atoms with E-state index in [0.717, 1.165) is 5.92 Å². The number of para-hydroxylation sites is 1. The highest BCUT2D eigenvalue weighted by molar-refractivity contribution is 6.33. The maximum absolute atomic E-state index is 11.8. The van der Waals surface area contributed by atoms with E-state index in [2.05, 4.69) is 17.6 Å². The minimum atomic E-state index is -0.0354. The number of anilines is 1. The van der Waals surface area contributed by atoms with E-state index in [0.29, 0.717) is 23.3 Å². The third-order valence-electron chi connectivity index (χ3n) is 3.72. The van der Waals surface area contributed by atoms with Crippen molar-refractivity contribution in [3.05, 3.63) is 29.3 Å². The first-order valence-electron chi connectivity index (χ1n) is 6.93. The molecule has 0 saturated heterocycles. The highest BCUT2D eigenvalue weighted by Gasteiger charge is 2.18. The molecule has 1 saturated carbocycles. The number of nitrogens with one attached hydrogen (secondary N) is 2. The van der Waals surface area contributed by atoms with Crippen LogP contribution in [0.3, 0.4) is 0 Å². The standard InChI is InChI=1S/C15H21ClN2O/c1-11-6-8-12(9-7-11)17-10-15(19)18-14-5-3-2-4-13(14)16/h2-5,11-12,17H,6-10H2,1H3,(H,18,19). The number of amides is 1. The van der Waals surface area contributed by atoms with Gasteiger partial charge in [0.1, 0.15) is 0 Å². The van der Waals surface area contributed by atoms with Crippen LogP contribution < -0.4 is 10.6 Å². The Kier molecular flexibility index (Phi) is 5.23. The van der Waals surface area contributed by atoms with Gasteiger partial charge < -0.3 is 10.6 Å². The predicted octanol–water partition coefficient (Wildman–Crippen LogP) is 3.45. The molecule has 0 aliphatic heterocycles. The van der Waals surface area contributed by atoms with Gasteiger partial charge in [-0.1, -0.05) is 30.7 Å². The Labute approximate surface area is 119 Å². The van der Waals surface area contributed by atoms with Crippen molar-refractivity contribution in [3.63, 3.8) is 0 Å². The molecule has 1 amide bonds. The third kappa shape index (κ3) is 4.51. The number of hydrogen-bond donors (Lipinski definition) is 2. The zero-order valence-electron chi connectivity index (χ0n) is 11.3. The van der Waals surface area contributed by atoms with Gasteiger partial charge in [0.05, 0.1) is 17.3 Å². The van der Waals surface area contributed by atoms with Gasteiger partial charge in [0.15, 0.2) is 0 Å². The Hall–Kier alpha value is -1.06. The third-order valence-corrected chi connectivity index (χ3v) is 4.04. The number of rotatable bonds is 4. The molecule has 1 fully saturated rings. The molecule has 2 rings (SSSR count). The van der Waals surface area contributed by atoms with Gasteiger partial charge in [0, 0.05) is 6.04 Å². The number of carbonyl (C=O) groups is 1. The molecule has 19 heavy (non-hydrogen) atoms. The summed E-state index contributed by atoms with van der Waals surface area (Å²) in [6.07, 6.45) is 4.84. The second kappa shape index (κ2) is 6.92. The first-order valence-corrected chi connectivity index (χ1v) is 7.30. The Bertz CT molecular complexity index is 428. The van der Waals surface area contributed by atoms with Crippen molar-refractivity contribution < 1.29 is 4.79 Å². The fraction of sp³-hybridized carbons (Fsp3) is 0.533. The molecule has 1 aromatic carbocycles. The second-order valence-corrected chi connectivity index (χ2v) is 5.77. The van der Waals surface area contributed by atoms with E-state index in [9.17, 15) is 4.79 Å². The maximum Gasteiger partial charge on any atom is 0.238 e. The molecule has 1 aliphatic carbocycles. The lowest BCUT2D eigenvalue weighted by Crippen LogP contribution is -2.38. The summed E-state index contributed by atoms with van der Waals surface area (Å²) in [5.41, 5.74) is 0.674. The van der Waals surface area contributed by atoms with Crippen LogP contribution in [0.2, 0.25) is 5.02 Å². The summed E-state index contributed by atoms with van der Waals surface area (Å²) in [6.45, 7) is 2.64. The summed E-state index contributed by atoms with van der Waals surface area (Å²) in [6, 6.07) is 7.76. The molecule has 0 radical (unpaired) electrons. The van der Waals surface area contributed by atoms with Crippen molar-refractivity contribution in [2.24, 2.45) is 5.92 Å². The molecule has 1 aromatic rings. The second-order valence-electron chi connectivity index (χ2n) is 5.37. The first-order chi connectivity index (χ1) is 9.15. The van der Waals surface area contributed by atoms with Gasteiger partial charge in [0.25, 0.3) is 0 Å². The van der Waals surface area contributed by atoms with Gasteiger partial charge in [-0.15, -0.1) is 0 Å². The van der Waals surface area contributed by atoms with E-state index < -0.39 is 0 Å². The largest absolute Gasteiger partial charge is 0.324 e. The minimum Gasteiger partial charge on any atom is -0.324 e. The number of hydrogen-bond acceptors (Lipinski definition) is 2. The van der Waals surface area contributed by atoms with Crippen molar-refractivity contribution in [2.75, 3.05) is 11.9 Å². The van der Waals surface area contributed by atoms with Crippen LogP contribution >= 0.6 is 11.6 Å². The number of halogens is 1. The van der Waals surface area contributed by atoms with Crippen LogP contribution in [0.4, 0.5) is 5.69 Å². The Morgan fingerprint density at radius 3 is 2.63 bits per heavy atom. The number of benzene rings is 1. The lowest BCUT2D eigenvalue weighted by molar-refractivity contribution is -0.115. The first kappa shape index (κ1) is 14.4.